The van der Waals surface area contributed by atoms with Gasteiger partial charge in [-0.25, -0.2) is 4.39 Å². The van der Waals surface area contributed by atoms with Crippen LogP contribution in [0.3, 0.4) is 0 Å². The van der Waals surface area contributed by atoms with Crippen molar-refractivity contribution in [2.45, 2.75) is 45.4 Å². The van der Waals surface area contributed by atoms with E-state index in [2.05, 4.69) is 6.92 Å². The Labute approximate surface area is 102 Å². The number of ketones is 1. The second-order valence-corrected chi connectivity index (χ2v) is 5.03. The number of carbonyl (C=O) groups is 1. The molecule has 1 aromatic carbocycles. The topological polar surface area (TPSA) is 17.1 Å². The van der Waals surface area contributed by atoms with Crippen LogP contribution in [0.5, 0.6) is 0 Å². The number of Topliss-reactive ketones (excluding diaryl/α,β-unsaturated/α-hetero) is 1. The van der Waals surface area contributed by atoms with Gasteiger partial charge in [0.25, 0.3) is 0 Å². The summed E-state index contributed by atoms with van der Waals surface area (Å²) in [5.74, 6) is -0.0345. The zero-order valence-electron chi connectivity index (χ0n) is 10.3. The molecule has 0 bridgehead atoms. The summed E-state index contributed by atoms with van der Waals surface area (Å²) >= 11 is 0. The summed E-state index contributed by atoms with van der Waals surface area (Å²) in [7, 11) is 0. The Kier molecular flexibility index (Phi) is 3.60. The predicted octanol–water partition coefficient (Wildman–Crippen LogP) is 3.91. The van der Waals surface area contributed by atoms with E-state index in [0.29, 0.717) is 5.56 Å². The van der Waals surface area contributed by atoms with E-state index in [0.717, 1.165) is 32.1 Å². The van der Waals surface area contributed by atoms with Crippen molar-refractivity contribution in [2.24, 2.45) is 5.41 Å². The van der Waals surface area contributed by atoms with Crippen molar-refractivity contribution < 1.29 is 9.18 Å². The van der Waals surface area contributed by atoms with Gasteiger partial charge in [0.15, 0.2) is 0 Å². The second kappa shape index (κ2) is 4.99. The maximum absolute atomic E-state index is 13.5. The minimum Gasteiger partial charge on any atom is -0.299 e. The zero-order valence-corrected chi connectivity index (χ0v) is 10.3. The van der Waals surface area contributed by atoms with Gasteiger partial charge in [0.05, 0.1) is 0 Å². The van der Waals surface area contributed by atoms with Crippen molar-refractivity contribution in [1.29, 1.82) is 0 Å². The SMILES string of the molecule is CCC1(C(=O)Cc2ccccc2F)CCCC1. The number of carbonyl (C=O) groups excluding carboxylic acids is 1. The molecule has 1 aliphatic rings. The molecule has 1 nitrogen and oxygen atoms in total. The molecule has 2 heteroatoms. The minimum atomic E-state index is -0.259. The first-order valence-electron chi connectivity index (χ1n) is 6.45. The first-order chi connectivity index (χ1) is 8.18. The fourth-order valence-corrected chi connectivity index (χ4v) is 2.88. The average Bonchev–Trinajstić information content (AvgIpc) is 2.82. The molecule has 0 N–H and O–H groups in total. The quantitative estimate of drug-likeness (QED) is 0.772. The summed E-state index contributed by atoms with van der Waals surface area (Å²) in [6.45, 7) is 2.07. The third-order valence-corrected chi connectivity index (χ3v) is 4.14. The first-order valence-corrected chi connectivity index (χ1v) is 6.45. The molecule has 0 heterocycles. The Morgan fingerprint density at radius 1 is 1.29 bits per heavy atom. The highest BCUT2D eigenvalue weighted by Gasteiger charge is 2.38. The highest BCUT2D eigenvalue weighted by atomic mass is 19.1. The molecule has 0 saturated heterocycles. The summed E-state index contributed by atoms with van der Waals surface area (Å²) in [6.07, 6.45) is 5.38. The molecule has 92 valence electrons. The summed E-state index contributed by atoms with van der Waals surface area (Å²) in [4.78, 5) is 12.4. The Balaban J connectivity index is 2.14. The fourth-order valence-electron chi connectivity index (χ4n) is 2.88. The van der Waals surface area contributed by atoms with E-state index in [1.54, 1.807) is 18.2 Å². The number of hydrogen-bond donors (Lipinski definition) is 0. The lowest BCUT2D eigenvalue weighted by Crippen LogP contribution is -2.29. The summed E-state index contributed by atoms with van der Waals surface area (Å²) < 4.78 is 13.5. The summed E-state index contributed by atoms with van der Waals surface area (Å²) in [5.41, 5.74) is 0.375. The number of halogens is 1. The lowest BCUT2D eigenvalue weighted by atomic mass is 9.77. The third-order valence-electron chi connectivity index (χ3n) is 4.14. The minimum absolute atomic E-state index is 0.164. The van der Waals surface area contributed by atoms with Crippen molar-refractivity contribution in [1.82, 2.24) is 0 Å². The molecule has 17 heavy (non-hydrogen) atoms. The van der Waals surface area contributed by atoms with Gasteiger partial charge in [0, 0.05) is 11.8 Å². The van der Waals surface area contributed by atoms with Crippen molar-refractivity contribution >= 4 is 5.78 Å². The Morgan fingerprint density at radius 3 is 2.53 bits per heavy atom. The largest absolute Gasteiger partial charge is 0.299 e. The molecule has 1 fully saturated rings. The number of benzene rings is 1. The van der Waals surface area contributed by atoms with Crippen LogP contribution >= 0.6 is 0 Å². The van der Waals surface area contributed by atoms with Crippen LogP contribution in [0, 0.1) is 11.2 Å². The van der Waals surface area contributed by atoms with Gasteiger partial charge in [-0.3, -0.25) is 4.79 Å². The van der Waals surface area contributed by atoms with Gasteiger partial charge >= 0.3 is 0 Å². The molecule has 0 aliphatic heterocycles. The molecule has 1 saturated carbocycles. The Morgan fingerprint density at radius 2 is 1.94 bits per heavy atom. The van der Waals surface area contributed by atoms with Crippen molar-refractivity contribution in [3.8, 4) is 0 Å². The maximum atomic E-state index is 13.5. The predicted molar refractivity (Wildman–Crippen MR) is 66.3 cm³/mol. The average molecular weight is 234 g/mol. The first kappa shape index (κ1) is 12.3. The number of rotatable bonds is 4. The third kappa shape index (κ3) is 2.41. The molecule has 2 rings (SSSR count). The van der Waals surface area contributed by atoms with Crippen LogP contribution in [0.15, 0.2) is 24.3 Å². The van der Waals surface area contributed by atoms with Crippen LogP contribution in [0.25, 0.3) is 0 Å². The molecular formula is C15H19FO. The van der Waals surface area contributed by atoms with Gasteiger partial charge in [-0.2, -0.15) is 0 Å². The summed E-state index contributed by atoms with van der Waals surface area (Å²) in [6, 6.07) is 6.59. The van der Waals surface area contributed by atoms with Gasteiger partial charge in [-0.1, -0.05) is 38.0 Å². The fraction of sp³-hybridized carbons (Fsp3) is 0.533. The Bertz CT molecular complexity index is 405. The second-order valence-electron chi connectivity index (χ2n) is 5.03. The highest BCUT2D eigenvalue weighted by Crippen LogP contribution is 2.42. The Hall–Kier alpha value is -1.18. The van der Waals surface area contributed by atoms with Crippen LogP contribution in [-0.2, 0) is 11.2 Å². The highest BCUT2D eigenvalue weighted by molar-refractivity contribution is 5.87. The van der Waals surface area contributed by atoms with E-state index >= 15 is 0 Å². The molecular weight excluding hydrogens is 215 g/mol. The van der Waals surface area contributed by atoms with Crippen LogP contribution in [0.4, 0.5) is 4.39 Å². The monoisotopic (exact) mass is 234 g/mol. The van der Waals surface area contributed by atoms with E-state index in [9.17, 15) is 9.18 Å². The molecule has 0 atom stereocenters. The standard InChI is InChI=1S/C15H19FO/c1-2-15(9-5-6-10-15)14(17)11-12-7-3-4-8-13(12)16/h3-4,7-8H,2,5-6,9-11H2,1H3. The van der Waals surface area contributed by atoms with Crippen molar-refractivity contribution in [3.05, 3.63) is 35.6 Å². The lowest BCUT2D eigenvalue weighted by molar-refractivity contribution is -0.128. The van der Waals surface area contributed by atoms with E-state index in [4.69, 9.17) is 0 Å². The maximum Gasteiger partial charge on any atom is 0.143 e. The smallest absolute Gasteiger partial charge is 0.143 e. The van der Waals surface area contributed by atoms with Crippen LogP contribution in [-0.4, -0.2) is 5.78 Å². The van der Waals surface area contributed by atoms with Gasteiger partial charge in [-0.05, 0) is 30.9 Å². The number of hydrogen-bond acceptors (Lipinski definition) is 1. The summed E-state index contributed by atoms with van der Waals surface area (Å²) in [5, 5.41) is 0. The zero-order chi connectivity index (χ0) is 12.3. The van der Waals surface area contributed by atoms with Gasteiger partial charge in [0.2, 0.25) is 0 Å². The normalized spacial score (nSPS) is 18.2. The van der Waals surface area contributed by atoms with Crippen molar-refractivity contribution in [3.63, 3.8) is 0 Å². The molecule has 0 unspecified atom stereocenters. The lowest BCUT2D eigenvalue weighted by Gasteiger charge is -2.25. The van der Waals surface area contributed by atoms with Crippen LogP contribution < -0.4 is 0 Å². The van der Waals surface area contributed by atoms with Crippen LogP contribution in [0.2, 0.25) is 0 Å². The molecule has 0 spiro atoms. The molecule has 0 amide bonds. The molecule has 0 aromatic heterocycles. The van der Waals surface area contributed by atoms with E-state index < -0.39 is 0 Å². The molecule has 1 aliphatic carbocycles. The van der Waals surface area contributed by atoms with Crippen LogP contribution in [0.1, 0.15) is 44.6 Å². The van der Waals surface area contributed by atoms with E-state index in [-0.39, 0.29) is 23.4 Å². The van der Waals surface area contributed by atoms with E-state index in [1.165, 1.54) is 6.07 Å². The van der Waals surface area contributed by atoms with Gasteiger partial charge in [-0.15, -0.1) is 0 Å². The van der Waals surface area contributed by atoms with Gasteiger partial charge < -0.3 is 0 Å². The van der Waals surface area contributed by atoms with E-state index in [1.807, 2.05) is 0 Å². The van der Waals surface area contributed by atoms with Gasteiger partial charge in [0.1, 0.15) is 11.6 Å². The molecule has 1 aromatic rings. The van der Waals surface area contributed by atoms with Crippen molar-refractivity contribution in [2.75, 3.05) is 0 Å². The molecule has 0 radical (unpaired) electrons.